The summed E-state index contributed by atoms with van der Waals surface area (Å²) in [6.45, 7) is 0.656. The molecule has 8 heteroatoms. The summed E-state index contributed by atoms with van der Waals surface area (Å²) in [7, 11) is -3.44. The third kappa shape index (κ3) is 3.63. The van der Waals surface area contributed by atoms with Gasteiger partial charge in [0.2, 0.25) is 0 Å². The Morgan fingerprint density at radius 3 is 2.80 bits per heavy atom. The minimum atomic E-state index is -3.44. The molecule has 0 spiro atoms. The maximum atomic E-state index is 11.4. The summed E-state index contributed by atoms with van der Waals surface area (Å²) >= 11 is 1.86. The highest BCUT2D eigenvalue weighted by Crippen LogP contribution is 2.30. The molecule has 0 radical (unpaired) electrons. The highest BCUT2D eigenvalue weighted by Gasteiger charge is 2.20. The molecule has 110 valence electrons. The molecule has 1 atom stereocenters. The largest absolute Gasteiger partial charge is 0.378 e. The fraction of sp³-hybridized carbons (Fsp3) is 0.500. The summed E-state index contributed by atoms with van der Waals surface area (Å²) in [5.74, 6) is 1.13. The van der Waals surface area contributed by atoms with Crippen LogP contribution in [0.15, 0.2) is 23.1 Å². The molecule has 0 bridgehead atoms. The van der Waals surface area contributed by atoms with Crippen LogP contribution in [0.2, 0.25) is 0 Å². The van der Waals surface area contributed by atoms with Gasteiger partial charge in [-0.2, -0.15) is 11.8 Å². The normalized spacial score (nSPS) is 18.9. The quantitative estimate of drug-likeness (QED) is 0.662. The minimum absolute atomic E-state index is 0.0370. The van der Waals surface area contributed by atoms with Gasteiger partial charge in [-0.25, -0.2) is 8.42 Å². The number of nitrogens with one attached hydrogen (secondary N) is 1. The first kappa shape index (κ1) is 15.1. The molecule has 2 rings (SSSR count). The molecule has 1 aliphatic heterocycles. The van der Waals surface area contributed by atoms with E-state index in [1.807, 2.05) is 11.8 Å². The zero-order valence-electron chi connectivity index (χ0n) is 11.0. The van der Waals surface area contributed by atoms with Gasteiger partial charge in [0.05, 0.1) is 9.82 Å². The van der Waals surface area contributed by atoms with E-state index in [1.54, 1.807) is 0 Å². The molecule has 1 aliphatic rings. The number of hydrogen-bond donors (Lipinski definition) is 1. The molecule has 0 aromatic heterocycles. The lowest BCUT2D eigenvalue weighted by atomic mass is 10.2. The van der Waals surface area contributed by atoms with E-state index in [9.17, 15) is 18.5 Å². The van der Waals surface area contributed by atoms with Gasteiger partial charge in [0.15, 0.2) is 9.84 Å². The minimum Gasteiger partial charge on any atom is -0.378 e. The van der Waals surface area contributed by atoms with Crippen molar-refractivity contribution in [3.05, 3.63) is 28.3 Å². The van der Waals surface area contributed by atoms with Gasteiger partial charge in [-0.15, -0.1) is 0 Å². The monoisotopic (exact) mass is 316 g/mol. The summed E-state index contributed by atoms with van der Waals surface area (Å²) in [4.78, 5) is 10.5. The van der Waals surface area contributed by atoms with Crippen molar-refractivity contribution < 1.29 is 13.3 Å². The maximum absolute atomic E-state index is 11.4. The number of nitro groups is 1. The van der Waals surface area contributed by atoms with Crippen molar-refractivity contribution in [1.29, 1.82) is 0 Å². The SMILES string of the molecule is CS(=O)(=O)c1ccc(NCC2CCCS2)c([N+](=O)[O-])c1. The average molecular weight is 316 g/mol. The van der Waals surface area contributed by atoms with E-state index in [0.717, 1.165) is 24.5 Å². The summed E-state index contributed by atoms with van der Waals surface area (Å²) in [6.07, 6.45) is 3.31. The second-order valence-electron chi connectivity index (χ2n) is 4.72. The van der Waals surface area contributed by atoms with Crippen LogP contribution in [-0.2, 0) is 9.84 Å². The van der Waals surface area contributed by atoms with Crippen LogP contribution in [0, 0.1) is 10.1 Å². The van der Waals surface area contributed by atoms with Crippen molar-refractivity contribution in [2.75, 3.05) is 23.9 Å². The molecule has 1 aromatic carbocycles. The third-order valence-corrected chi connectivity index (χ3v) is 5.65. The standard InChI is InChI=1S/C12H16N2O4S2/c1-20(17,18)10-4-5-11(12(7-10)14(15)16)13-8-9-3-2-6-19-9/h4-5,7,9,13H,2-3,6,8H2,1H3. The Balaban J connectivity index is 2.21. The van der Waals surface area contributed by atoms with Crippen molar-refractivity contribution >= 4 is 33.0 Å². The second kappa shape index (κ2) is 6.01. The summed E-state index contributed by atoms with van der Waals surface area (Å²) in [6, 6.07) is 3.97. The van der Waals surface area contributed by atoms with E-state index < -0.39 is 14.8 Å². The second-order valence-corrected chi connectivity index (χ2v) is 8.15. The van der Waals surface area contributed by atoms with Crippen LogP contribution in [0.3, 0.4) is 0 Å². The molecule has 6 nitrogen and oxygen atoms in total. The molecule has 1 unspecified atom stereocenters. The number of benzene rings is 1. The topological polar surface area (TPSA) is 89.3 Å². The number of nitrogens with zero attached hydrogens (tertiary/aromatic N) is 1. The Morgan fingerprint density at radius 2 is 2.25 bits per heavy atom. The zero-order chi connectivity index (χ0) is 14.8. The molecule has 20 heavy (non-hydrogen) atoms. The van der Waals surface area contributed by atoms with Crippen LogP contribution >= 0.6 is 11.8 Å². The summed E-state index contributed by atoms with van der Waals surface area (Å²) in [5, 5.41) is 14.6. The maximum Gasteiger partial charge on any atom is 0.293 e. The van der Waals surface area contributed by atoms with E-state index in [-0.39, 0.29) is 10.6 Å². The van der Waals surface area contributed by atoms with Crippen molar-refractivity contribution in [2.45, 2.75) is 23.0 Å². The Labute approximate surface area is 122 Å². The first-order valence-electron chi connectivity index (χ1n) is 6.22. The van der Waals surface area contributed by atoms with Gasteiger partial charge in [-0.1, -0.05) is 0 Å². The van der Waals surface area contributed by atoms with Gasteiger partial charge in [0.1, 0.15) is 5.69 Å². The Hall–Kier alpha value is -1.28. The molecule has 1 fully saturated rings. The number of anilines is 1. The van der Waals surface area contributed by atoms with E-state index in [0.29, 0.717) is 17.5 Å². The Morgan fingerprint density at radius 1 is 1.50 bits per heavy atom. The highest BCUT2D eigenvalue weighted by atomic mass is 32.2. The lowest BCUT2D eigenvalue weighted by molar-refractivity contribution is -0.384. The molecule has 1 heterocycles. The Kier molecular flexibility index (Phi) is 4.54. The van der Waals surface area contributed by atoms with Crippen LogP contribution in [0.25, 0.3) is 0 Å². The van der Waals surface area contributed by atoms with Gasteiger partial charge in [0.25, 0.3) is 5.69 Å². The van der Waals surface area contributed by atoms with Crippen molar-refractivity contribution in [3.8, 4) is 0 Å². The van der Waals surface area contributed by atoms with Crippen LogP contribution in [-0.4, -0.2) is 37.1 Å². The molecule has 0 saturated carbocycles. The molecule has 1 aromatic rings. The molecular weight excluding hydrogens is 300 g/mol. The van der Waals surface area contributed by atoms with Crippen molar-refractivity contribution in [3.63, 3.8) is 0 Å². The van der Waals surface area contributed by atoms with Crippen LogP contribution in [0.5, 0.6) is 0 Å². The summed E-state index contributed by atoms with van der Waals surface area (Å²) < 4.78 is 22.9. The van der Waals surface area contributed by atoms with Crippen LogP contribution < -0.4 is 5.32 Å². The first-order valence-corrected chi connectivity index (χ1v) is 9.16. The lowest BCUT2D eigenvalue weighted by Gasteiger charge is -2.12. The van der Waals surface area contributed by atoms with Crippen molar-refractivity contribution in [2.24, 2.45) is 0 Å². The zero-order valence-corrected chi connectivity index (χ0v) is 12.7. The van der Waals surface area contributed by atoms with Crippen LogP contribution in [0.4, 0.5) is 11.4 Å². The highest BCUT2D eigenvalue weighted by molar-refractivity contribution is 8.00. The molecular formula is C12H16N2O4S2. The van der Waals surface area contributed by atoms with E-state index in [1.165, 1.54) is 18.6 Å². The lowest BCUT2D eigenvalue weighted by Crippen LogP contribution is -2.14. The number of sulfone groups is 1. The number of rotatable bonds is 5. The van der Waals surface area contributed by atoms with E-state index in [4.69, 9.17) is 0 Å². The summed E-state index contributed by atoms with van der Waals surface area (Å²) in [5.41, 5.74) is 0.172. The van der Waals surface area contributed by atoms with Crippen LogP contribution in [0.1, 0.15) is 12.8 Å². The first-order chi connectivity index (χ1) is 9.38. The fourth-order valence-corrected chi connectivity index (χ4v) is 3.91. The number of thioether (sulfide) groups is 1. The average Bonchev–Trinajstić information content (AvgIpc) is 2.88. The van der Waals surface area contributed by atoms with Gasteiger partial charge >= 0.3 is 0 Å². The van der Waals surface area contributed by atoms with Gasteiger partial charge in [0, 0.05) is 24.1 Å². The van der Waals surface area contributed by atoms with E-state index >= 15 is 0 Å². The Bertz CT molecular complexity index is 610. The third-order valence-electron chi connectivity index (χ3n) is 3.14. The smallest absolute Gasteiger partial charge is 0.293 e. The van der Waals surface area contributed by atoms with Gasteiger partial charge < -0.3 is 5.32 Å². The number of hydrogen-bond acceptors (Lipinski definition) is 6. The number of nitro benzene ring substituents is 1. The molecule has 1 saturated heterocycles. The van der Waals surface area contributed by atoms with Crippen molar-refractivity contribution in [1.82, 2.24) is 0 Å². The van der Waals surface area contributed by atoms with E-state index in [2.05, 4.69) is 5.32 Å². The molecule has 0 amide bonds. The molecule has 1 N–H and O–H groups in total. The molecule has 0 aliphatic carbocycles. The van der Waals surface area contributed by atoms with Gasteiger partial charge in [-0.3, -0.25) is 10.1 Å². The predicted octanol–water partition coefficient (Wildman–Crippen LogP) is 2.31. The fourth-order valence-electron chi connectivity index (χ4n) is 2.07. The predicted molar refractivity (Wildman–Crippen MR) is 80.2 cm³/mol. The van der Waals surface area contributed by atoms with Gasteiger partial charge in [-0.05, 0) is 30.7 Å².